The molecule has 3 rings (SSSR count). The second kappa shape index (κ2) is 8.51. The summed E-state index contributed by atoms with van der Waals surface area (Å²) >= 11 is 0. The lowest BCUT2D eigenvalue weighted by atomic mass is 9.96. The molecule has 5 heteroatoms. The summed E-state index contributed by atoms with van der Waals surface area (Å²) in [6.45, 7) is 1.06. The Hall–Kier alpha value is -2.56. The molecule has 0 bridgehead atoms. The van der Waals surface area contributed by atoms with Crippen molar-refractivity contribution in [3.63, 3.8) is 0 Å². The number of pyridine rings is 1. The summed E-state index contributed by atoms with van der Waals surface area (Å²) in [5, 5.41) is 5.97. The van der Waals surface area contributed by atoms with Crippen molar-refractivity contribution >= 4 is 6.03 Å². The Morgan fingerprint density at radius 1 is 1.00 bits per heavy atom. The van der Waals surface area contributed by atoms with Gasteiger partial charge in [0.15, 0.2) is 0 Å². The van der Waals surface area contributed by atoms with Crippen LogP contribution in [0.15, 0.2) is 53.5 Å². The van der Waals surface area contributed by atoms with Crippen LogP contribution >= 0.6 is 0 Å². The summed E-state index contributed by atoms with van der Waals surface area (Å²) in [5.41, 5.74) is 2.10. The Kier molecular flexibility index (Phi) is 5.88. The van der Waals surface area contributed by atoms with Gasteiger partial charge >= 0.3 is 6.03 Å². The van der Waals surface area contributed by atoms with Crippen LogP contribution in [-0.2, 0) is 13.1 Å². The first kappa shape index (κ1) is 17.3. The third-order valence-electron chi connectivity index (χ3n) is 4.67. The topological polar surface area (TPSA) is 63.1 Å². The third kappa shape index (κ3) is 5.21. The molecule has 2 aromatic rings. The highest BCUT2D eigenvalue weighted by molar-refractivity contribution is 5.74. The molecule has 2 amide bonds. The van der Waals surface area contributed by atoms with Gasteiger partial charge in [-0.25, -0.2) is 4.79 Å². The number of hydrogen-bond acceptors (Lipinski definition) is 2. The van der Waals surface area contributed by atoms with Crippen LogP contribution in [0.5, 0.6) is 0 Å². The van der Waals surface area contributed by atoms with Gasteiger partial charge in [0, 0.05) is 24.8 Å². The summed E-state index contributed by atoms with van der Waals surface area (Å²) in [7, 11) is 0. The quantitative estimate of drug-likeness (QED) is 0.879. The fraction of sp³-hybridized carbons (Fsp3) is 0.400. The van der Waals surface area contributed by atoms with Crippen LogP contribution in [-0.4, -0.2) is 16.6 Å². The molecule has 0 spiro atoms. The van der Waals surface area contributed by atoms with E-state index in [0.717, 1.165) is 24.0 Å². The first-order chi connectivity index (χ1) is 12.2. The van der Waals surface area contributed by atoms with E-state index in [1.54, 1.807) is 22.9 Å². The Morgan fingerprint density at radius 3 is 2.44 bits per heavy atom. The largest absolute Gasteiger partial charge is 0.335 e. The fourth-order valence-electron chi connectivity index (χ4n) is 3.22. The van der Waals surface area contributed by atoms with Crippen molar-refractivity contribution in [2.24, 2.45) is 0 Å². The maximum absolute atomic E-state index is 12.0. The van der Waals surface area contributed by atoms with Crippen LogP contribution in [0.25, 0.3) is 0 Å². The zero-order valence-electron chi connectivity index (χ0n) is 14.4. The minimum Gasteiger partial charge on any atom is -0.335 e. The van der Waals surface area contributed by atoms with E-state index in [0.29, 0.717) is 19.1 Å². The monoisotopic (exact) mass is 339 g/mol. The van der Waals surface area contributed by atoms with Crippen LogP contribution in [0.1, 0.15) is 43.2 Å². The van der Waals surface area contributed by atoms with E-state index in [9.17, 15) is 9.59 Å². The molecule has 1 aromatic carbocycles. The molecular weight excluding hydrogens is 314 g/mol. The van der Waals surface area contributed by atoms with Crippen LogP contribution < -0.4 is 16.2 Å². The number of hydrogen-bond donors (Lipinski definition) is 2. The zero-order valence-corrected chi connectivity index (χ0v) is 14.4. The first-order valence-electron chi connectivity index (χ1n) is 8.98. The molecule has 132 valence electrons. The highest BCUT2D eigenvalue weighted by Crippen LogP contribution is 2.17. The number of carbonyl (C=O) groups is 1. The maximum Gasteiger partial charge on any atom is 0.315 e. The summed E-state index contributed by atoms with van der Waals surface area (Å²) < 4.78 is 1.67. The molecule has 1 aliphatic carbocycles. The van der Waals surface area contributed by atoms with E-state index in [1.165, 1.54) is 19.3 Å². The summed E-state index contributed by atoms with van der Waals surface area (Å²) in [5.74, 6) is 0. The Labute approximate surface area is 148 Å². The smallest absolute Gasteiger partial charge is 0.315 e. The molecule has 1 saturated carbocycles. The molecule has 5 nitrogen and oxygen atoms in total. The van der Waals surface area contributed by atoms with E-state index in [-0.39, 0.29) is 11.6 Å². The SMILES string of the molecule is O=C(NCc1ccc(Cn2ccccc2=O)cc1)NC1CCCCC1. The van der Waals surface area contributed by atoms with Crippen molar-refractivity contribution in [3.05, 3.63) is 70.1 Å². The van der Waals surface area contributed by atoms with Crippen LogP contribution in [0.3, 0.4) is 0 Å². The minimum atomic E-state index is -0.0909. The molecule has 1 aromatic heterocycles. The molecular formula is C20H25N3O2. The van der Waals surface area contributed by atoms with Crippen LogP contribution in [0, 0.1) is 0 Å². The van der Waals surface area contributed by atoms with E-state index in [4.69, 9.17) is 0 Å². The summed E-state index contributed by atoms with van der Waals surface area (Å²) in [6, 6.07) is 13.4. The van der Waals surface area contributed by atoms with Crippen molar-refractivity contribution in [3.8, 4) is 0 Å². The first-order valence-corrected chi connectivity index (χ1v) is 8.98. The van der Waals surface area contributed by atoms with Gasteiger partial charge in [-0.3, -0.25) is 4.79 Å². The number of urea groups is 1. The highest BCUT2D eigenvalue weighted by Gasteiger charge is 2.15. The molecule has 0 aliphatic heterocycles. The number of rotatable bonds is 5. The van der Waals surface area contributed by atoms with Gasteiger partial charge in [0.2, 0.25) is 0 Å². The Morgan fingerprint density at radius 2 is 1.72 bits per heavy atom. The second-order valence-electron chi connectivity index (χ2n) is 6.65. The number of carbonyl (C=O) groups excluding carboxylic acids is 1. The number of nitrogens with one attached hydrogen (secondary N) is 2. The van der Waals surface area contributed by atoms with E-state index in [2.05, 4.69) is 10.6 Å². The molecule has 1 fully saturated rings. The van der Waals surface area contributed by atoms with Crippen molar-refractivity contribution < 1.29 is 4.79 Å². The van der Waals surface area contributed by atoms with E-state index >= 15 is 0 Å². The standard InChI is InChI=1S/C20H25N3O2/c24-19-8-4-5-13-23(19)15-17-11-9-16(10-12-17)14-21-20(25)22-18-6-2-1-3-7-18/h4-5,8-13,18H,1-3,6-7,14-15H2,(H2,21,22,25). The lowest BCUT2D eigenvalue weighted by Crippen LogP contribution is -2.42. The van der Waals surface area contributed by atoms with Gasteiger partial charge in [-0.15, -0.1) is 0 Å². The van der Waals surface area contributed by atoms with Gasteiger partial charge in [-0.1, -0.05) is 49.6 Å². The van der Waals surface area contributed by atoms with Crippen molar-refractivity contribution in [1.82, 2.24) is 15.2 Å². The Balaban J connectivity index is 1.48. The average molecular weight is 339 g/mol. The van der Waals surface area contributed by atoms with Gasteiger partial charge in [0.1, 0.15) is 0 Å². The van der Waals surface area contributed by atoms with Crippen molar-refractivity contribution in [2.45, 2.75) is 51.2 Å². The van der Waals surface area contributed by atoms with Crippen LogP contribution in [0.2, 0.25) is 0 Å². The molecule has 1 aliphatic rings. The van der Waals surface area contributed by atoms with Crippen molar-refractivity contribution in [1.29, 1.82) is 0 Å². The molecule has 25 heavy (non-hydrogen) atoms. The van der Waals surface area contributed by atoms with Gasteiger partial charge in [-0.2, -0.15) is 0 Å². The van der Waals surface area contributed by atoms with Crippen molar-refractivity contribution in [2.75, 3.05) is 0 Å². The molecule has 0 saturated heterocycles. The molecule has 1 heterocycles. The number of amides is 2. The molecule has 0 atom stereocenters. The lowest BCUT2D eigenvalue weighted by molar-refractivity contribution is 0.232. The Bertz CT molecular complexity index is 746. The van der Waals surface area contributed by atoms with Gasteiger partial charge in [0.25, 0.3) is 5.56 Å². The third-order valence-corrected chi connectivity index (χ3v) is 4.67. The van der Waals surface area contributed by atoms with E-state index in [1.807, 2.05) is 30.3 Å². The van der Waals surface area contributed by atoms with Gasteiger partial charge < -0.3 is 15.2 Å². The molecule has 0 radical (unpaired) electrons. The van der Waals surface area contributed by atoms with Gasteiger partial charge in [0.05, 0.1) is 6.54 Å². The summed E-state index contributed by atoms with van der Waals surface area (Å²) in [4.78, 5) is 23.7. The number of benzene rings is 1. The lowest BCUT2D eigenvalue weighted by Gasteiger charge is -2.22. The zero-order chi connectivity index (χ0) is 17.5. The minimum absolute atomic E-state index is 0.00683. The predicted octanol–water partition coefficient (Wildman–Crippen LogP) is 3.03. The van der Waals surface area contributed by atoms with E-state index < -0.39 is 0 Å². The average Bonchev–Trinajstić information content (AvgIpc) is 2.64. The number of aromatic nitrogens is 1. The predicted molar refractivity (Wildman–Crippen MR) is 98.5 cm³/mol. The normalized spacial score (nSPS) is 14.9. The molecule has 0 unspecified atom stereocenters. The highest BCUT2D eigenvalue weighted by atomic mass is 16.2. The fourth-order valence-corrected chi connectivity index (χ4v) is 3.22. The molecule has 2 N–H and O–H groups in total. The van der Waals surface area contributed by atoms with Gasteiger partial charge in [-0.05, 0) is 30.0 Å². The second-order valence-corrected chi connectivity index (χ2v) is 6.65. The van der Waals surface area contributed by atoms with Crippen LogP contribution in [0.4, 0.5) is 4.79 Å². The number of nitrogens with zero attached hydrogens (tertiary/aromatic N) is 1. The summed E-state index contributed by atoms with van der Waals surface area (Å²) in [6.07, 6.45) is 7.64. The maximum atomic E-state index is 12.0.